The van der Waals surface area contributed by atoms with Gasteiger partial charge in [0, 0.05) is 12.4 Å². The number of nitrogens with zero attached hydrogens (tertiary/aromatic N) is 1. The molecule has 4 nitrogen and oxygen atoms in total. The van der Waals surface area contributed by atoms with Gasteiger partial charge in [-0.25, -0.2) is 4.79 Å². The number of carboxylic acid groups (broad SMARTS) is 1. The molecule has 0 bridgehead atoms. The molecule has 19 heavy (non-hydrogen) atoms. The lowest BCUT2D eigenvalue weighted by Crippen LogP contribution is -2.22. The van der Waals surface area contributed by atoms with Gasteiger partial charge in [-0.15, -0.1) is 0 Å². The predicted molar refractivity (Wildman–Crippen MR) is 72.4 cm³/mol. The summed E-state index contributed by atoms with van der Waals surface area (Å²) in [6.45, 7) is 1.45. The van der Waals surface area contributed by atoms with Gasteiger partial charge in [0.15, 0.2) is 6.10 Å². The highest BCUT2D eigenvalue weighted by Crippen LogP contribution is 2.30. The van der Waals surface area contributed by atoms with Crippen LogP contribution in [-0.2, 0) is 4.79 Å². The molecule has 1 heterocycles. The Morgan fingerprint density at radius 3 is 2.53 bits per heavy atom. The molecule has 1 unspecified atom stereocenters. The van der Waals surface area contributed by atoms with E-state index in [0.29, 0.717) is 10.8 Å². The maximum Gasteiger partial charge on any atom is 0.344 e. The van der Waals surface area contributed by atoms with E-state index in [-0.39, 0.29) is 0 Å². The van der Waals surface area contributed by atoms with Crippen molar-refractivity contribution in [3.63, 3.8) is 0 Å². The fourth-order valence-electron chi connectivity index (χ4n) is 1.56. The summed E-state index contributed by atoms with van der Waals surface area (Å²) in [5.41, 5.74) is 1.90. The summed E-state index contributed by atoms with van der Waals surface area (Å²) < 4.78 is 5.25. The highest BCUT2D eigenvalue weighted by Gasteiger charge is 2.14. The summed E-state index contributed by atoms with van der Waals surface area (Å²) in [6.07, 6.45) is 2.45. The number of halogens is 1. The molecular weight excluding hydrogens is 266 g/mol. The Kier molecular flexibility index (Phi) is 4.02. The molecule has 1 aromatic carbocycles. The third-order valence-electron chi connectivity index (χ3n) is 2.60. The van der Waals surface area contributed by atoms with Gasteiger partial charge in [0.1, 0.15) is 5.75 Å². The Balaban J connectivity index is 2.25. The second-order valence-electron chi connectivity index (χ2n) is 3.98. The van der Waals surface area contributed by atoms with Gasteiger partial charge < -0.3 is 9.84 Å². The fraction of sp³-hybridized carbons (Fsp3) is 0.143. The topological polar surface area (TPSA) is 59.4 Å². The zero-order valence-electron chi connectivity index (χ0n) is 10.2. The van der Waals surface area contributed by atoms with Crippen LogP contribution in [-0.4, -0.2) is 22.2 Å². The van der Waals surface area contributed by atoms with Crippen LogP contribution in [0.5, 0.6) is 5.75 Å². The Labute approximate surface area is 115 Å². The first-order chi connectivity index (χ1) is 9.08. The number of carbonyl (C=O) groups is 1. The molecule has 0 amide bonds. The van der Waals surface area contributed by atoms with Crippen LogP contribution >= 0.6 is 11.6 Å². The highest BCUT2D eigenvalue weighted by atomic mass is 35.5. The zero-order chi connectivity index (χ0) is 13.8. The summed E-state index contributed by atoms with van der Waals surface area (Å²) in [6, 6.07) is 8.96. The zero-order valence-corrected chi connectivity index (χ0v) is 11.0. The molecule has 5 heteroatoms. The Morgan fingerprint density at radius 1 is 1.26 bits per heavy atom. The van der Waals surface area contributed by atoms with Crippen LogP contribution in [0.25, 0.3) is 11.1 Å². The standard InChI is InChI=1S/C14H12ClNO3/c1-9(14(17)18)19-13-3-2-11(8-12(13)15)10-4-6-16-7-5-10/h2-9H,1H3,(H,17,18). The monoisotopic (exact) mass is 277 g/mol. The summed E-state index contributed by atoms with van der Waals surface area (Å²) in [7, 11) is 0. The molecule has 0 saturated carbocycles. The largest absolute Gasteiger partial charge is 0.479 e. The molecule has 0 radical (unpaired) electrons. The first kappa shape index (κ1) is 13.4. The quantitative estimate of drug-likeness (QED) is 0.932. The highest BCUT2D eigenvalue weighted by molar-refractivity contribution is 6.32. The Morgan fingerprint density at radius 2 is 1.95 bits per heavy atom. The minimum Gasteiger partial charge on any atom is -0.479 e. The van der Waals surface area contributed by atoms with Crippen molar-refractivity contribution in [1.29, 1.82) is 0 Å². The van der Waals surface area contributed by atoms with Gasteiger partial charge >= 0.3 is 5.97 Å². The van der Waals surface area contributed by atoms with Crippen molar-refractivity contribution < 1.29 is 14.6 Å². The van der Waals surface area contributed by atoms with Crippen LogP contribution in [0.15, 0.2) is 42.7 Å². The number of hydrogen-bond acceptors (Lipinski definition) is 3. The smallest absolute Gasteiger partial charge is 0.344 e. The van der Waals surface area contributed by atoms with Crippen LogP contribution in [0.4, 0.5) is 0 Å². The first-order valence-corrected chi connectivity index (χ1v) is 6.05. The summed E-state index contributed by atoms with van der Waals surface area (Å²) in [5, 5.41) is 9.17. The van der Waals surface area contributed by atoms with E-state index in [2.05, 4.69) is 4.98 Å². The predicted octanol–water partition coefficient (Wildman–Crippen LogP) is 3.25. The van der Waals surface area contributed by atoms with E-state index in [9.17, 15) is 4.79 Å². The molecule has 2 rings (SSSR count). The average Bonchev–Trinajstić information content (AvgIpc) is 2.41. The molecule has 0 aliphatic rings. The molecular formula is C14H12ClNO3. The van der Waals surface area contributed by atoms with Gasteiger partial charge in [-0.2, -0.15) is 0 Å². The lowest BCUT2D eigenvalue weighted by molar-refractivity contribution is -0.144. The first-order valence-electron chi connectivity index (χ1n) is 5.67. The molecule has 98 valence electrons. The van der Waals surface area contributed by atoms with Crippen molar-refractivity contribution in [3.8, 4) is 16.9 Å². The van der Waals surface area contributed by atoms with Crippen LogP contribution < -0.4 is 4.74 Å². The minimum absolute atomic E-state index is 0.356. The van der Waals surface area contributed by atoms with E-state index in [1.54, 1.807) is 24.5 Å². The van der Waals surface area contributed by atoms with Crippen molar-refractivity contribution in [1.82, 2.24) is 4.98 Å². The number of pyridine rings is 1. The van der Waals surface area contributed by atoms with E-state index in [1.165, 1.54) is 6.92 Å². The number of hydrogen-bond donors (Lipinski definition) is 1. The SMILES string of the molecule is CC(Oc1ccc(-c2ccncc2)cc1Cl)C(=O)O. The van der Waals surface area contributed by atoms with Crippen molar-refractivity contribution in [2.45, 2.75) is 13.0 Å². The lowest BCUT2D eigenvalue weighted by Gasteiger charge is -2.12. The molecule has 0 aliphatic carbocycles. The normalized spacial score (nSPS) is 11.9. The Hall–Kier alpha value is -2.07. The summed E-state index contributed by atoms with van der Waals surface area (Å²) in [4.78, 5) is 14.7. The van der Waals surface area contributed by atoms with Gasteiger partial charge in [0.05, 0.1) is 5.02 Å². The second kappa shape index (κ2) is 5.71. The van der Waals surface area contributed by atoms with E-state index < -0.39 is 12.1 Å². The third-order valence-corrected chi connectivity index (χ3v) is 2.89. The van der Waals surface area contributed by atoms with E-state index >= 15 is 0 Å². The van der Waals surface area contributed by atoms with Crippen molar-refractivity contribution in [2.75, 3.05) is 0 Å². The maximum atomic E-state index is 10.7. The minimum atomic E-state index is -1.03. The van der Waals surface area contributed by atoms with Crippen molar-refractivity contribution >= 4 is 17.6 Å². The van der Waals surface area contributed by atoms with Crippen LogP contribution in [0.1, 0.15) is 6.92 Å². The maximum absolute atomic E-state index is 10.7. The number of carboxylic acids is 1. The third kappa shape index (κ3) is 3.23. The van der Waals surface area contributed by atoms with Crippen LogP contribution in [0.3, 0.4) is 0 Å². The second-order valence-corrected chi connectivity index (χ2v) is 4.39. The Bertz CT molecular complexity index is 586. The van der Waals surface area contributed by atoms with Gasteiger partial charge in [-0.1, -0.05) is 17.7 Å². The summed E-state index contributed by atoms with van der Waals surface area (Å²) >= 11 is 6.09. The van der Waals surface area contributed by atoms with Gasteiger partial charge in [-0.05, 0) is 42.3 Å². The molecule has 0 spiro atoms. The average molecular weight is 278 g/mol. The van der Waals surface area contributed by atoms with Gasteiger partial charge in [0.2, 0.25) is 0 Å². The number of ether oxygens (including phenoxy) is 1. The number of rotatable bonds is 4. The summed E-state index contributed by atoms with van der Waals surface area (Å²) in [5.74, 6) is -0.677. The molecule has 0 saturated heterocycles. The van der Waals surface area contributed by atoms with E-state index in [4.69, 9.17) is 21.4 Å². The van der Waals surface area contributed by atoms with E-state index in [1.807, 2.05) is 18.2 Å². The van der Waals surface area contributed by atoms with Crippen LogP contribution in [0.2, 0.25) is 5.02 Å². The number of benzene rings is 1. The lowest BCUT2D eigenvalue weighted by atomic mass is 10.1. The molecule has 2 aromatic rings. The molecule has 0 aliphatic heterocycles. The molecule has 1 aromatic heterocycles. The van der Waals surface area contributed by atoms with Crippen LogP contribution in [0, 0.1) is 0 Å². The molecule has 1 atom stereocenters. The van der Waals surface area contributed by atoms with Gasteiger partial charge in [0.25, 0.3) is 0 Å². The number of aliphatic carboxylic acids is 1. The van der Waals surface area contributed by atoms with Crippen molar-refractivity contribution in [2.24, 2.45) is 0 Å². The van der Waals surface area contributed by atoms with Crippen molar-refractivity contribution in [3.05, 3.63) is 47.7 Å². The van der Waals surface area contributed by atoms with E-state index in [0.717, 1.165) is 11.1 Å². The fourth-order valence-corrected chi connectivity index (χ4v) is 1.79. The van der Waals surface area contributed by atoms with Gasteiger partial charge in [-0.3, -0.25) is 4.98 Å². The molecule has 0 fully saturated rings. The number of aromatic nitrogens is 1. The molecule has 1 N–H and O–H groups in total.